The van der Waals surface area contributed by atoms with E-state index in [9.17, 15) is 23.3 Å². The maximum Gasteiger partial charge on any atom is 0.417 e. The minimum Gasteiger partial charge on any atom is -0.408 e. The van der Waals surface area contributed by atoms with Crippen LogP contribution in [0.2, 0.25) is 0 Å². The molecular weight excluding hydrogens is 458 g/mol. The van der Waals surface area contributed by atoms with Crippen molar-refractivity contribution in [2.45, 2.75) is 9.79 Å². The maximum atomic E-state index is 13.2. The topological polar surface area (TPSA) is 208 Å². The van der Waals surface area contributed by atoms with Gasteiger partial charge in [0.2, 0.25) is 9.84 Å². The van der Waals surface area contributed by atoms with Crippen molar-refractivity contribution in [1.82, 2.24) is 9.97 Å². The molecule has 31 heavy (non-hydrogen) atoms. The molecule has 2 aromatic heterocycles. The van der Waals surface area contributed by atoms with Crippen molar-refractivity contribution in [3.8, 4) is 0 Å². The van der Waals surface area contributed by atoms with Crippen LogP contribution in [0, 0.1) is 4.91 Å². The number of sulfone groups is 1. The zero-order valence-corrected chi connectivity index (χ0v) is 16.7. The van der Waals surface area contributed by atoms with E-state index in [1.807, 2.05) is 0 Å². The lowest BCUT2D eigenvalue weighted by Crippen LogP contribution is -2.07. The third kappa shape index (κ3) is 4.75. The second-order valence-electron chi connectivity index (χ2n) is 5.91. The summed E-state index contributed by atoms with van der Waals surface area (Å²) in [5, 5.41) is 10.4. The fourth-order valence-corrected chi connectivity index (χ4v) is 4.43. The van der Waals surface area contributed by atoms with E-state index in [2.05, 4.69) is 9.97 Å². The summed E-state index contributed by atoms with van der Waals surface area (Å²) in [6.45, 7) is 0. The standard InChI is InChI=1S/C16H9N3O6S.H2O4S/c20-16-18-11-6-15(12(19(21)22)7-13(11)25-16)26(23,24)14-3-1-2-9-8-17-5-4-10(9)14;1-5(2,3)4/h1-8H,(H-,18,20,21,22);(H2,1,2,3,4)/p+1. The Labute approximate surface area is 172 Å². The Morgan fingerprint density at radius 1 is 1.03 bits per heavy atom. The van der Waals surface area contributed by atoms with E-state index in [-0.39, 0.29) is 16.0 Å². The van der Waals surface area contributed by atoms with Crippen molar-refractivity contribution in [1.29, 1.82) is 0 Å². The lowest BCUT2D eigenvalue weighted by atomic mass is 10.2. The molecule has 15 heteroatoms. The molecule has 0 aliphatic heterocycles. The molecular formula is C16H12N3O10S2+. The summed E-state index contributed by atoms with van der Waals surface area (Å²) in [6, 6.07) is 8.23. The number of nitrogens with zero attached hydrogens (tertiary/aromatic N) is 2. The van der Waals surface area contributed by atoms with Gasteiger partial charge in [-0.3, -0.25) is 19.1 Å². The molecule has 2 aromatic carbocycles. The quantitative estimate of drug-likeness (QED) is 0.250. The Balaban J connectivity index is 0.000000491. The fraction of sp³-hybridized carbons (Fsp3) is 0. The Morgan fingerprint density at radius 3 is 2.35 bits per heavy atom. The first-order chi connectivity index (χ1) is 14.4. The molecule has 0 bridgehead atoms. The lowest BCUT2D eigenvalue weighted by Gasteiger charge is -2.07. The van der Waals surface area contributed by atoms with Crippen LogP contribution in [0.5, 0.6) is 0 Å². The van der Waals surface area contributed by atoms with E-state index in [0.29, 0.717) is 10.8 Å². The highest BCUT2D eigenvalue weighted by molar-refractivity contribution is 7.92. The number of hydrogen-bond acceptors (Lipinski definition) is 8. The van der Waals surface area contributed by atoms with Gasteiger partial charge in [-0.25, -0.2) is 18.4 Å². The maximum absolute atomic E-state index is 13.2. The largest absolute Gasteiger partial charge is 0.417 e. The molecule has 0 spiro atoms. The van der Waals surface area contributed by atoms with Crippen molar-refractivity contribution in [3.63, 3.8) is 0 Å². The number of rotatable bonds is 3. The summed E-state index contributed by atoms with van der Waals surface area (Å²) in [4.78, 5) is 28.0. The number of H-pyrrole nitrogens is 1. The van der Waals surface area contributed by atoms with Gasteiger partial charge in [-0.15, -0.1) is 0 Å². The number of oxazole rings is 1. The molecule has 4 aromatic rings. The van der Waals surface area contributed by atoms with E-state index >= 15 is 0 Å². The number of hydrogen-bond donors (Lipinski definition) is 4. The minimum absolute atomic E-state index is 0.0547. The van der Waals surface area contributed by atoms with Gasteiger partial charge in [0.1, 0.15) is 0 Å². The van der Waals surface area contributed by atoms with E-state index in [0.717, 1.165) is 12.1 Å². The third-order valence-electron chi connectivity index (χ3n) is 3.93. The van der Waals surface area contributed by atoms with Gasteiger partial charge in [0.15, 0.2) is 10.5 Å². The van der Waals surface area contributed by atoms with Gasteiger partial charge >= 0.3 is 21.8 Å². The first-order valence-electron chi connectivity index (χ1n) is 7.98. The van der Waals surface area contributed by atoms with Crippen molar-refractivity contribution in [2.24, 2.45) is 0 Å². The molecule has 0 amide bonds. The molecule has 0 aliphatic rings. The van der Waals surface area contributed by atoms with Crippen molar-refractivity contribution < 1.29 is 40.5 Å². The Kier molecular flexibility index (Phi) is 5.60. The smallest absolute Gasteiger partial charge is 0.408 e. The Morgan fingerprint density at radius 2 is 1.71 bits per heavy atom. The molecule has 4 N–H and O–H groups in total. The Hall–Kier alpha value is -3.66. The van der Waals surface area contributed by atoms with E-state index in [1.54, 1.807) is 12.1 Å². The zero-order chi connectivity index (χ0) is 23.0. The van der Waals surface area contributed by atoms with Gasteiger partial charge in [-0.1, -0.05) is 12.1 Å². The highest BCUT2D eigenvalue weighted by Crippen LogP contribution is 2.34. The number of aromatic nitrogens is 2. The first kappa shape index (κ1) is 22.0. The van der Waals surface area contributed by atoms with Gasteiger partial charge in [0, 0.05) is 23.2 Å². The van der Waals surface area contributed by atoms with Gasteiger partial charge in [-0.05, 0) is 18.2 Å². The number of fused-ring (bicyclic) bond motifs is 2. The van der Waals surface area contributed by atoms with E-state index in [1.165, 1.54) is 24.5 Å². The van der Waals surface area contributed by atoms with Crippen LogP contribution in [0.15, 0.2) is 67.8 Å². The van der Waals surface area contributed by atoms with Crippen molar-refractivity contribution in [3.05, 3.63) is 64.2 Å². The number of pyridine rings is 1. The van der Waals surface area contributed by atoms with Gasteiger partial charge in [0.25, 0.3) is 4.92 Å². The molecule has 0 radical (unpaired) electrons. The SMILES string of the molecule is O=S(=O)(O)O.O=c1[nH]c2cc(S(=O)(=O)c3cccc4cnccc34)c([N+](=O)O)cc2o1. The van der Waals surface area contributed by atoms with Gasteiger partial charge in [0.05, 0.1) is 21.4 Å². The fourth-order valence-electron chi connectivity index (χ4n) is 2.78. The molecule has 0 saturated carbocycles. The van der Waals surface area contributed by atoms with Gasteiger partial charge in [-0.2, -0.15) is 8.42 Å². The number of benzene rings is 2. The van der Waals surface area contributed by atoms with Crippen molar-refractivity contribution >= 4 is 47.8 Å². The van der Waals surface area contributed by atoms with Crippen LogP contribution in [0.25, 0.3) is 21.9 Å². The van der Waals surface area contributed by atoms with Crippen LogP contribution >= 0.6 is 0 Å². The molecule has 0 saturated heterocycles. The minimum atomic E-state index is -4.67. The lowest BCUT2D eigenvalue weighted by molar-refractivity contribution is -0.731. The average molecular weight is 470 g/mol. The van der Waals surface area contributed by atoms with Crippen LogP contribution in [0.3, 0.4) is 0 Å². The predicted octanol–water partition coefficient (Wildman–Crippen LogP) is 1.65. The molecule has 0 aliphatic carbocycles. The normalized spacial score (nSPS) is 11.8. The third-order valence-corrected chi connectivity index (χ3v) is 5.77. The highest BCUT2D eigenvalue weighted by atomic mass is 32.3. The van der Waals surface area contributed by atoms with E-state index in [4.69, 9.17) is 21.9 Å². The van der Waals surface area contributed by atoms with Crippen LogP contribution in [0.1, 0.15) is 0 Å². The number of aromatic amines is 1. The summed E-state index contributed by atoms with van der Waals surface area (Å²) in [6.07, 6.45) is 2.96. The molecule has 0 fully saturated rings. The number of nitrogens with one attached hydrogen (secondary N) is 1. The molecule has 13 nitrogen and oxygen atoms in total. The van der Waals surface area contributed by atoms with Crippen LogP contribution in [0.4, 0.5) is 5.69 Å². The first-order valence-corrected chi connectivity index (χ1v) is 10.9. The van der Waals surface area contributed by atoms with Crippen LogP contribution in [-0.2, 0) is 20.2 Å². The zero-order valence-electron chi connectivity index (χ0n) is 15.0. The second kappa shape index (κ2) is 7.88. The summed E-state index contributed by atoms with van der Waals surface area (Å²) in [7, 11) is -8.88. The van der Waals surface area contributed by atoms with Gasteiger partial charge < -0.3 is 4.42 Å². The summed E-state index contributed by atoms with van der Waals surface area (Å²) < 4.78 is 62.8. The molecule has 0 atom stereocenters. The van der Waals surface area contributed by atoms with Crippen molar-refractivity contribution in [2.75, 3.05) is 0 Å². The highest BCUT2D eigenvalue weighted by Gasteiger charge is 2.33. The second-order valence-corrected chi connectivity index (χ2v) is 8.69. The molecule has 162 valence electrons. The Bertz CT molecular complexity index is 1570. The predicted molar refractivity (Wildman–Crippen MR) is 103 cm³/mol. The molecule has 0 unspecified atom stereocenters. The summed E-state index contributed by atoms with van der Waals surface area (Å²) in [5.74, 6) is -0.813. The summed E-state index contributed by atoms with van der Waals surface area (Å²) in [5.41, 5.74) is -0.534. The molecule has 2 heterocycles. The summed E-state index contributed by atoms with van der Waals surface area (Å²) >= 11 is 0. The van der Waals surface area contributed by atoms with Crippen LogP contribution in [-0.4, -0.2) is 46.0 Å². The molecule has 4 rings (SSSR count). The monoisotopic (exact) mass is 470 g/mol. The average Bonchev–Trinajstić information content (AvgIpc) is 3.04. The van der Waals surface area contributed by atoms with Crippen LogP contribution < -0.4 is 5.76 Å². The van der Waals surface area contributed by atoms with E-state index < -0.39 is 41.5 Å².